The maximum Gasteiger partial charge on any atom is 0.147 e. The highest BCUT2D eigenvalue weighted by Gasteiger charge is 2.07. The molecule has 0 aromatic heterocycles. The van der Waals surface area contributed by atoms with E-state index in [9.17, 15) is 0 Å². The summed E-state index contributed by atoms with van der Waals surface area (Å²) in [6.07, 6.45) is 1.07. The highest BCUT2D eigenvalue weighted by Crippen LogP contribution is 2.34. The van der Waals surface area contributed by atoms with Crippen LogP contribution in [0.1, 0.15) is 18.1 Å². The topological polar surface area (TPSA) is 21.3 Å². The van der Waals surface area contributed by atoms with Gasteiger partial charge in [0, 0.05) is 12.2 Å². The van der Waals surface area contributed by atoms with Crippen LogP contribution in [-0.2, 0) is 13.0 Å². The Bertz CT molecular complexity index is 559. The maximum atomic E-state index is 5.30. The smallest absolute Gasteiger partial charge is 0.147 e. The molecule has 0 spiro atoms. The quantitative estimate of drug-likeness (QED) is 0.728. The van der Waals surface area contributed by atoms with E-state index in [0.29, 0.717) is 0 Å². The number of halogens is 2. The van der Waals surface area contributed by atoms with Crippen molar-refractivity contribution >= 4 is 37.5 Å². The summed E-state index contributed by atoms with van der Waals surface area (Å²) in [7, 11) is 1.66. The molecule has 0 unspecified atom stereocenters. The van der Waals surface area contributed by atoms with Gasteiger partial charge in [-0.05, 0) is 73.7 Å². The minimum absolute atomic E-state index is 0.771. The first kappa shape index (κ1) is 15.4. The highest BCUT2D eigenvalue weighted by atomic mass is 79.9. The van der Waals surface area contributed by atoms with Gasteiger partial charge in [-0.2, -0.15) is 0 Å². The number of anilines is 1. The van der Waals surface area contributed by atoms with Gasteiger partial charge >= 0.3 is 0 Å². The molecule has 2 nitrogen and oxygen atoms in total. The Balaban J connectivity index is 2.06. The molecule has 106 valence electrons. The molecule has 0 heterocycles. The minimum Gasteiger partial charge on any atom is -0.494 e. The Morgan fingerprint density at radius 3 is 2.10 bits per heavy atom. The number of rotatable bonds is 5. The largest absolute Gasteiger partial charge is 0.494 e. The first-order valence-electron chi connectivity index (χ1n) is 6.48. The number of hydrogen-bond acceptors (Lipinski definition) is 2. The molecule has 0 fully saturated rings. The predicted molar refractivity (Wildman–Crippen MR) is 91.5 cm³/mol. The van der Waals surface area contributed by atoms with Crippen LogP contribution in [0.25, 0.3) is 0 Å². The monoisotopic (exact) mass is 397 g/mol. The maximum absolute atomic E-state index is 5.30. The van der Waals surface area contributed by atoms with Crippen LogP contribution < -0.4 is 10.1 Å². The first-order chi connectivity index (χ1) is 9.63. The van der Waals surface area contributed by atoms with Crippen LogP contribution in [0.4, 0.5) is 5.69 Å². The zero-order valence-electron chi connectivity index (χ0n) is 11.5. The number of ether oxygens (including phenoxy) is 1. The zero-order chi connectivity index (χ0) is 14.5. The van der Waals surface area contributed by atoms with Crippen molar-refractivity contribution in [2.75, 3.05) is 12.4 Å². The van der Waals surface area contributed by atoms with Gasteiger partial charge in [-0.1, -0.05) is 19.1 Å². The zero-order valence-corrected chi connectivity index (χ0v) is 14.7. The molecule has 0 bridgehead atoms. The molecule has 2 aromatic carbocycles. The van der Waals surface area contributed by atoms with Gasteiger partial charge in [0.15, 0.2) is 0 Å². The van der Waals surface area contributed by atoms with Gasteiger partial charge in [0.2, 0.25) is 0 Å². The fourth-order valence-electron chi connectivity index (χ4n) is 1.97. The number of methoxy groups -OCH3 is 1. The van der Waals surface area contributed by atoms with Gasteiger partial charge in [0.25, 0.3) is 0 Å². The van der Waals surface area contributed by atoms with Gasteiger partial charge in [-0.15, -0.1) is 0 Å². The van der Waals surface area contributed by atoms with Gasteiger partial charge in [-0.3, -0.25) is 0 Å². The predicted octanol–water partition coefficient (Wildman–Crippen LogP) is 5.39. The van der Waals surface area contributed by atoms with E-state index >= 15 is 0 Å². The lowest BCUT2D eigenvalue weighted by Crippen LogP contribution is -2.00. The van der Waals surface area contributed by atoms with Crippen molar-refractivity contribution in [3.05, 3.63) is 56.5 Å². The van der Waals surface area contributed by atoms with Crippen molar-refractivity contribution in [1.29, 1.82) is 0 Å². The summed E-state index contributed by atoms with van der Waals surface area (Å²) in [5, 5.41) is 3.42. The Labute approximate surface area is 136 Å². The Morgan fingerprint density at radius 1 is 1.00 bits per heavy atom. The van der Waals surface area contributed by atoms with E-state index in [-0.39, 0.29) is 0 Å². The molecule has 0 aliphatic heterocycles. The van der Waals surface area contributed by atoms with E-state index in [2.05, 4.69) is 80.5 Å². The summed E-state index contributed by atoms with van der Waals surface area (Å²) >= 11 is 7.04. The summed E-state index contributed by atoms with van der Waals surface area (Å²) in [5.74, 6) is 0.820. The molecule has 0 aliphatic carbocycles. The molecule has 2 aromatic rings. The Morgan fingerprint density at radius 2 is 1.60 bits per heavy atom. The van der Waals surface area contributed by atoms with E-state index in [0.717, 1.165) is 33.3 Å². The molecule has 4 heteroatoms. The van der Waals surface area contributed by atoms with Crippen molar-refractivity contribution in [3.63, 3.8) is 0 Å². The molecule has 0 saturated heterocycles. The molecule has 0 aliphatic rings. The minimum atomic E-state index is 0.771. The summed E-state index contributed by atoms with van der Waals surface area (Å²) in [6.45, 7) is 2.93. The summed E-state index contributed by atoms with van der Waals surface area (Å²) in [6, 6.07) is 12.7. The first-order valence-corrected chi connectivity index (χ1v) is 8.07. The molecule has 0 radical (unpaired) electrons. The van der Waals surface area contributed by atoms with Crippen molar-refractivity contribution in [1.82, 2.24) is 0 Å². The molecular formula is C16H17Br2NO. The number of aryl methyl sites for hydroxylation is 1. The second-order valence-electron chi connectivity index (χ2n) is 4.50. The lowest BCUT2D eigenvalue weighted by Gasteiger charge is -2.11. The normalized spacial score (nSPS) is 10.4. The second-order valence-corrected chi connectivity index (χ2v) is 6.21. The number of nitrogens with one attached hydrogen (secondary N) is 1. The molecule has 0 amide bonds. The van der Waals surface area contributed by atoms with Crippen LogP contribution in [-0.4, -0.2) is 7.11 Å². The van der Waals surface area contributed by atoms with E-state index < -0.39 is 0 Å². The van der Waals surface area contributed by atoms with Gasteiger partial charge in [0.1, 0.15) is 5.75 Å². The molecule has 1 N–H and O–H groups in total. The summed E-state index contributed by atoms with van der Waals surface area (Å²) in [4.78, 5) is 0. The average Bonchev–Trinajstić information content (AvgIpc) is 2.45. The fraction of sp³-hybridized carbons (Fsp3) is 0.250. The average molecular weight is 399 g/mol. The van der Waals surface area contributed by atoms with Gasteiger partial charge < -0.3 is 10.1 Å². The van der Waals surface area contributed by atoms with Gasteiger partial charge in [0.05, 0.1) is 16.1 Å². The third-order valence-corrected chi connectivity index (χ3v) is 4.30. The molecule has 0 saturated carbocycles. The SMILES string of the molecule is CCc1ccc(NCc2cc(Br)c(OC)c(Br)c2)cc1. The van der Waals surface area contributed by atoms with Crippen LogP contribution in [0.2, 0.25) is 0 Å². The van der Waals surface area contributed by atoms with E-state index in [1.807, 2.05) is 0 Å². The third-order valence-electron chi connectivity index (χ3n) is 3.12. The van der Waals surface area contributed by atoms with E-state index in [4.69, 9.17) is 4.74 Å². The third kappa shape index (κ3) is 3.76. The van der Waals surface area contributed by atoms with Crippen molar-refractivity contribution in [3.8, 4) is 5.75 Å². The Kier molecular flexibility index (Phi) is 5.49. The summed E-state index contributed by atoms with van der Waals surface area (Å²) < 4.78 is 7.21. The van der Waals surface area contributed by atoms with Crippen LogP contribution in [0.15, 0.2) is 45.3 Å². The molecule has 20 heavy (non-hydrogen) atoms. The lowest BCUT2D eigenvalue weighted by molar-refractivity contribution is 0.409. The van der Waals surface area contributed by atoms with Crippen LogP contribution in [0.5, 0.6) is 5.75 Å². The van der Waals surface area contributed by atoms with Crippen molar-refractivity contribution in [2.24, 2.45) is 0 Å². The number of hydrogen-bond donors (Lipinski definition) is 1. The van der Waals surface area contributed by atoms with E-state index in [1.54, 1.807) is 7.11 Å². The molecule has 2 rings (SSSR count). The molecule has 0 atom stereocenters. The fourth-order valence-corrected chi connectivity index (χ4v) is 3.58. The van der Waals surface area contributed by atoms with Crippen molar-refractivity contribution < 1.29 is 4.74 Å². The second kappa shape index (κ2) is 7.14. The van der Waals surface area contributed by atoms with Crippen LogP contribution >= 0.6 is 31.9 Å². The summed E-state index contributed by atoms with van der Waals surface area (Å²) in [5.41, 5.74) is 3.67. The van der Waals surface area contributed by atoms with Crippen LogP contribution in [0.3, 0.4) is 0 Å². The van der Waals surface area contributed by atoms with E-state index in [1.165, 1.54) is 11.1 Å². The van der Waals surface area contributed by atoms with Crippen molar-refractivity contribution in [2.45, 2.75) is 19.9 Å². The standard InChI is InChI=1S/C16H17Br2NO/c1-3-11-4-6-13(7-5-11)19-10-12-8-14(17)16(20-2)15(18)9-12/h4-9,19H,3,10H2,1-2H3. The lowest BCUT2D eigenvalue weighted by atomic mass is 10.1. The van der Waals surface area contributed by atoms with Crippen LogP contribution in [0, 0.1) is 0 Å². The number of benzene rings is 2. The van der Waals surface area contributed by atoms with Gasteiger partial charge in [-0.25, -0.2) is 0 Å². The Hall–Kier alpha value is -1.000. The highest BCUT2D eigenvalue weighted by molar-refractivity contribution is 9.11. The molecular weight excluding hydrogens is 382 g/mol.